The molecular formula is C16H15ClN4. The number of benzene rings is 1. The number of hydrogen-bond donors (Lipinski definition) is 0. The second-order valence-corrected chi connectivity index (χ2v) is 5.58. The molecule has 1 fully saturated rings. The molecule has 0 saturated carbocycles. The second kappa shape index (κ2) is 5.71. The lowest BCUT2D eigenvalue weighted by Gasteiger charge is -2.28. The number of halogens is 1. The van der Waals surface area contributed by atoms with Gasteiger partial charge in [0.15, 0.2) is 0 Å². The maximum Gasteiger partial charge on any atom is 0.115 e. The van der Waals surface area contributed by atoms with Crippen LogP contribution in [0, 0.1) is 18.3 Å². The number of hydrogen-bond acceptors (Lipinski definition) is 4. The first-order chi connectivity index (χ1) is 10.2. The topological polar surface area (TPSA) is 52.8 Å². The van der Waals surface area contributed by atoms with Crippen molar-refractivity contribution in [2.45, 2.75) is 25.8 Å². The van der Waals surface area contributed by atoms with E-state index in [9.17, 15) is 0 Å². The van der Waals surface area contributed by atoms with Crippen LogP contribution in [0.5, 0.6) is 0 Å². The lowest BCUT2D eigenvalue weighted by Crippen LogP contribution is -2.23. The maximum absolute atomic E-state index is 9.06. The molecule has 2 aromatic rings. The molecule has 1 aliphatic rings. The van der Waals surface area contributed by atoms with E-state index >= 15 is 0 Å². The molecule has 2 heterocycles. The van der Waals surface area contributed by atoms with Gasteiger partial charge in [-0.3, -0.25) is 0 Å². The second-order valence-electron chi connectivity index (χ2n) is 5.21. The summed E-state index contributed by atoms with van der Waals surface area (Å²) in [5, 5.41) is 9.61. The van der Waals surface area contributed by atoms with E-state index in [1.165, 1.54) is 0 Å². The Labute approximate surface area is 129 Å². The van der Waals surface area contributed by atoms with Gasteiger partial charge in [0.1, 0.15) is 12.4 Å². The highest BCUT2D eigenvalue weighted by atomic mass is 35.5. The van der Waals surface area contributed by atoms with E-state index in [4.69, 9.17) is 16.9 Å². The molecule has 1 saturated heterocycles. The van der Waals surface area contributed by atoms with Gasteiger partial charge >= 0.3 is 0 Å². The highest BCUT2D eigenvalue weighted by molar-refractivity contribution is 6.32. The molecular weight excluding hydrogens is 284 g/mol. The summed E-state index contributed by atoms with van der Waals surface area (Å²) in [6, 6.07) is 6.18. The average Bonchev–Trinajstić information content (AvgIpc) is 3.00. The smallest absolute Gasteiger partial charge is 0.115 e. The molecule has 106 valence electrons. The van der Waals surface area contributed by atoms with Crippen LogP contribution < -0.4 is 4.90 Å². The predicted octanol–water partition coefficient (Wildman–Crippen LogP) is 3.65. The summed E-state index contributed by atoms with van der Waals surface area (Å²) in [4.78, 5) is 10.6. The summed E-state index contributed by atoms with van der Waals surface area (Å²) in [6.07, 6.45) is 7.49. The first-order valence-electron chi connectivity index (χ1n) is 6.93. The number of nitriles is 1. The van der Waals surface area contributed by atoms with Crippen LogP contribution in [0.25, 0.3) is 0 Å². The molecule has 5 heteroatoms. The van der Waals surface area contributed by atoms with E-state index < -0.39 is 0 Å². The Morgan fingerprint density at radius 2 is 2.10 bits per heavy atom. The van der Waals surface area contributed by atoms with Crippen LogP contribution in [0.4, 0.5) is 5.69 Å². The van der Waals surface area contributed by atoms with Crippen molar-refractivity contribution in [1.29, 1.82) is 5.26 Å². The molecule has 0 radical (unpaired) electrons. The van der Waals surface area contributed by atoms with Crippen molar-refractivity contribution < 1.29 is 0 Å². The van der Waals surface area contributed by atoms with Crippen LogP contribution in [0.2, 0.25) is 5.02 Å². The van der Waals surface area contributed by atoms with Gasteiger partial charge in [-0.15, -0.1) is 0 Å². The fourth-order valence-corrected chi connectivity index (χ4v) is 3.16. The third-order valence-electron chi connectivity index (χ3n) is 4.01. The third-order valence-corrected chi connectivity index (χ3v) is 4.49. The summed E-state index contributed by atoms with van der Waals surface area (Å²) in [5.41, 5.74) is 3.69. The minimum atomic E-state index is 0.272. The Morgan fingerprint density at radius 3 is 2.81 bits per heavy atom. The van der Waals surface area contributed by atoms with E-state index in [1.807, 2.05) is 25.4 Å². The van der Waals surface area contributed by atoms with Gasteiger partial charge < -0.3 is 4.90 Å². The first kappa shape index (κ1) is 13.8. The van der Waals surface area contributed by atoms with Crippen LogP contribution in [0.1, 0.15) is 35.6 Å². The van der Waals surface area contributed by atoms with E-state index in [0.717, 1.165) is 36.2 Å². The molecule has 0 spiro atoms. The van der Waals surface area contributed by atoms with E-state index in [-0.39, 0.29) is 6.04 Å². The Bertz CT molecular complexity index is 693. The number of nitrogens with zero attached hydrogens (tertiary/aromatic N) is 4. The summed E-state index contributed by atoms with van der Waals surface area (Å²) in [5.74, 6) is 0. The van der Waals surface area contributed by atoms with Gasteiger partial charge in [0, 0.05) is 30.2 Å². The van der Waals surface area contributed by atoms with Crippen molar-refractivity contribution >= 4 is 17.3 Å². The molecule has 1 aromatic heterocycles. The first-order valence-corrected chi connectivity index (χ1v) is 7.31. The maximum atomic E-state index is 9.06. The Morgan fingerprint density at radius 1 is 1.33 bits per heavy atom. The third kappa shape index (κ3) is 2.45. The van der Waals surface area contributed by atoms with Crippen LogP contribution in [-0.2, 0) is 0 Å². The monoisotopic (exact) mass is 298 g/mol. The minimum Gasteiger partial charge on any atom is -0.364 e. The van der Waals surface area contributed by atoms with E-state index in [2.05, 4.69) is 20.9 Å². The fraction of sp³-hybridized carbons (Fsp3) is 0.312. The molecule has 1 aliphatic heterocycles. The normalized spacial score (nSPS) is 17.8. The van der Waals surface area contributed by atoms with E-state index in [0.29, 0.717) is 10.6 Å². The van der Waals surface area contributed by atoms with Crippen LogP contribution in [0.3, 0.4) is 0 Å². The highest BCUT2D eigenvalue weighted by Gasteiger charge is 2.28. The standard InChI is InChI=1S/C16H15ClN4/c1-11-14(5-4-12(7-18)16(11)17)21-6-2-3-15(21)13-8-19-10-20-9-13/h4-5,8-10,15H,2-3,6H2,1H3. The van der Waals surface area contributed by atoms with Crippen molar-refractivity contribution in [3.63, 3.8) is 0 Å². The van der Waals surface area contributed by atoms with Crippen LogP contribution in [-0.4, -0.2) is 16.5 Å². The van der Waals surface area contributed by atoms with Crippen molar-refractivity contribution in [3.05, 3.63) is 52.6 Å². The number of aromatic nitrogens is 2. The van der Waals surface area contributed by atoms with Crippen molar-refractivity contribution in [2.24, 2.45) is 0 Å². The van der Waals surface area contributed by atoms with Crippen LogP contribution >= 0.6 is 11.6 Å². The number of anilines is 1. The summed E-state index contributed by atoms with van der Waals surface area (Å²) >= 11 is 6.30. The van der Waals surface area contributed by atoms with Crippen molar-refractivity contribution in [2.75, 3.05) is 11.4 Å². The largest absolute Gasteiger partial charge is 0.364 e. The van der Waals surface area contributed by atoms with Gasteiger partial charge in [-0.2, -0.15) is 5.26 Å². The Balaban J connectivity index is 2.00. The van der Waals surface area contributed by atoms with Crippen molar-refractivity contribution in [1.82, 2.24) is 9.97 Å². The summed E-state index contributed by atoms with van der Waals surface area (Å²) in [7, 11) is 0. The molecule has 4 nitrogen and oxygen atoms in total. The van der Waals surface area contributed by atoms with Gasteiger partial charge in [-0.25, -0.2) is 9.97 Å². The Kier molecular flexibility index (Phi) is 3.76. The zero-order valence-corrected chi connectivity index (χ0v) is 12.5. The van der Waals surface area contributed by atoms with E-state index in [1.54, 1.807) is 12.4 Å². The molecule has 0 amide bonds. The molecule has 1 unspecified atom stereocenters. The van der Waals surface area contributed by atoms with Gasteiger partial charge in [0.2, 0.25) is 0 Å². The zero-order chi connectivity index (χ0) is 14.8. The summed E-state index contributed by atoms with van der Waals surface area (Å²) < 4.78 is 0. The molecule has 1 atom stereocenters. The minimum absolute atomic E-state index is 0.272. The van der Waals surface area contributed by atoms with Crippen molar-refractivity contribution in [3.8, 4) is 6.07 Å². The van der Waals surface area contributed by atoms with Gasteiger partial charge in [0.05, 0.1) is 16.6 Å². The average molecular weight is 299 g/mol. The predicted molar refractivity (Wildman–Crippen MR) is 82.3 cm³/mol. The Hall–Kier alpha value is -2.12. The molecule has 0 N–H and O–H groups in total. The van der Waals surface area contributed by atoms with Crippen LogP contribution in [0.15, 0.2) is 30.9 Å². The van der Waals surface area contributed by atoms with Gasteiger partial charge in [-0.05, 0) is 37.5 Å². The highest BCUT2D eigenvalue weighted by Crippen LogP contribution is 2.39. The molecule has 0 bridgehead atoms. The zero-order valence-electron chi connectivity index (χ0n) is 11.8. The fourth-order valence-electron chi connectivity index (χ4n) is 2.96. The van der Waals surface area contributed by atoms with Gasteiger partial charge in [-0.1, -0.05) is 11.6 Å². The summed E-state index contributed by atoms with van der Waals surface area (Å²) in [6.45, 7) is 2.94. The number of rotatable bonds is 2. The molecule has 3 rings (SSSR count). The molecule has 1 aromatic carbocycles. The lowest BCUT2D eigenvalue weighted by molar-refractivity contribution is 0.709. The molecule has 0 aliphatic carbocycles. The SMILES string of the molecule is Cc1c(N2CCCC2c2cncnc2)ccc(C#N)c1Cl. The lowest BCUT2D eigenvalue weighted by atomic mass is 10.1. The van der Waals surface area contributed by atoms with Gasteiger partial charge in [0.25, 0.3) is 0 Å². The molecule has 21 heavy (non-hydrogen) atoms. The quantitative estimate of drug-likeness (QED) is 0.849.